The van der Waals surface area contributed by atoms with E-state index >= 15 is 0 Å². The molecule has 0 saturated heterocycles. The first-order valence-electron chi connectivity index (χ1n) is 10.5. The number of carbonyl (C=O) groups is 2. The van der Waals surface area contributed by atoms with Crippen LogP contribution < -0.4 is 5.32 Å². The van der Waals surface area contributed by atoms with Crippen LogP contribution in [0.3, 0.4) is 0 Å². The van der Waals surface area contributed by atoms with Crippen molar-refractivity contribution in [3.05, 3.63) is 65.2 Å². The van der Waals surface area contributed by atoms with E-state index < -0.39 is 6.04 Å². The van der Waals surface area contributed by atoms with Crippen LogP contribution in [0.1, 0.15) is 44.6 Å². The molecule has 0 aromatic heterocycles. The van der Waals surface area contributed by atoms with Gasteiger partial charge >= 0.3 is 0 Å². The number of nitrogens with zero attached hydrogens (tertiary/aromatic N) is 1. The Balaban J connectivity index is 1.62. The van der Waals surface area contributed by atoms with Crippen molar-refractivity contribution >= 4 is 35.2 Å². The Hall–Kier alpha value is -1.98. The van der Waals surface area contributed by atoms with Gasteiger partial charge in [-0.3, -0.25) is 9.59 Å². The molecule has 4 nitrogen and oxygen atoms in total. The molecule has 1 N–H and O–H groups in total. The zero-order valence-corrected chi connectivity index (χ0v) is 18.9. The molecule has 0 radical (unpaired) electrons. The highest BCUT2D eigenvalue weighted by Gasteiger charge is 2.28. The van der Waals surface area contributed by atoms with Gasteiger partial charge in [0.1, 0.15) is 6.04 Å². The summed E-state index contributed by atoms with van der Waals surface area (Å²) >= 11 is 7.55. The van der Waals surface area contributed by atoms with Gasteiger partial charge in [-0.2, -0.15) is 0 Å². The fourth-order valence-corrected chi connectivity index (χ4v) is 4.65. The van der Waals surface area contributed by atoms with E-state index in [0.717, 1.165) is 36.1 Å². The van der Waals surface area contributed by atoms with Crippen LogP contribution >= 0.6 is 23.4 Å². The van der Waals surface area contributed by atoms with Crippen LogP contribution in [0.4, 0.5) is 0 Å². The normalized spacial score (nSPS) is 15.0. The Kier molecular flexibility index (Phi) is 8.64. The van der Waals surface area contributed by atoms with E-state index in [1.54, 1.807) is 16.7 Å². The second-order valence-corrected chi connectivity index (χ2v) is 9.33. The highest BCUT2D eigenvalue weighted by molar-refractivity contribution is 7.99. The Labute approximate surface area is 188 Å². The zero-order chi connectivity index (χ0) is 21.3. The highest BCUT2D eigenvalue weighted by Crippen LogP contribution is 2.22. The summed E-state index contributed by atoms with van der Waals surface area (Å²) in [6.45, 7) is 2.27. The summed E-state index contributed by atoms with van der Waals surface area (Å²) in [5.41, 5.74) is 1.02. The average molecular weight is 445 g/mol. The Bertz CT molecular complexity index is 823. The third-order valence-corrected chi connectivity index (χ3v) is 6.73. The Morgan fingerprint density at radius 2 is 1.77 bits per heavy atom. The van der Waals surface area contributed by atoms with E-state index in [2.05, 4.69) is 5.32 Å². The molecular formula is C24H29ClN2O2S. The van der Waals surface area contributed by atoms with Crippen molar-refractivity contribution in [3.8, 4) is 0 Å². The van der Waals surface area contributed by atoms with Gasteiger partial charge in [0.2, 0.25) is 11.8 Å². The van der Waals surface area contributed by atoms with Crippen molar-refractivity contribution in [2.75, 3.05) is 5.75 Å². The van der Waals surface area contributed by atoms with Gasteiger partial charge < -0.3 is 10.2 Å². The molecule has 1 fully saturated rings. The summed E-state index contributed by atoms with van der Waals surface area (Å²) in [4.78, 5) is 28.7. The van der Waals surface area contributed by atoms with Crippen molar-refractivity contribution in [1.82, 2.24) is 10.2 Å². The monoisotopic (exact) mass is 444 g/mol. The van der Waals surface area contributed by atoms with Gasteiger partial charge in [-0.1, -0.05) is 54.8 Å². The van der Waals surface area contributed by atoms with E-state index in [1.807, 2.05) is 61.5 Å². The lowest BCUT2D eigenvalue weighted by Gasteiger charge is -2.29. The zero-order valence-electron chi connectivity index (χ0n) is 17.4. The maximum absolute atomic E-state index is 13.1. The molecular weight excluding hydrogens is 416 g/mol. The maximum Gasteiger partial charge on any atom is 0.242 e. The van der Waals surface area contributed by atoms with Gasteiger partial charge in [0.05, 0.1) is 0 Å². The molecule has 0 spiro atoms. The molecule has 0 aliphatic heterocycles. The first-order valence-corrected chi connectivity index (χ1v) is 11.9. The van der Waals surface area contributed by atoms with E-state index in [9.17, 15) is 9.59 Å². The van der Waals surface area contributed by atoms with Crippen molar-refractivity contribution in [2.45, 2.75) is 62.6 Å². The molecule has 1 aliphatic rings. The lowest BCUT2D eigenvalue weighted by atomic mass is 10.1. The van der Waals surface area contributed by atoms with E-state index in [0.29, 0.717) is 23.7 Å². The lowest BCUT2D eigenvalue weighted by Crippen LogP contribution is -2.49. The molecule has 0 heterocycles. The third kappa shape index (κ3) is 6.78. The van der Waals surface area contributed by atoms with Crippen LogP contribution in [0.5, 0.6) is 0 Å². The second kappa shape index (κ2) is 11.4. The first kappa shape index (κ1) is 22.7. The van der Waals surface area contributed by atoms with Gasteiger partial charge in [0, 0.05) is 34.7 Å². The smallest absolute Gasteiger partial charge is 0.242 e. The number of hydrogen-bond acceptors (Lipinski definition) is 3. The van der Waals surface area contributed by atoms with Gasteiger partial charge in [0.15, 0.2) is 0 Å². The fraction of sp³-hybridized carbons (Fsp3) is 0.417. The van der Waals surface area contributed by atoms with Crippen molar-refractivity contribution in [1.29, 1.82) is 0 Å². The van der Waals surface area contributed by atoms with Crippen LogP contribution in [0.25, 0.3) is 0 Å². The first-order chi connectivity index (χ1) is 14.5. The largest absolute Gasteiger partial charge is 0.352 e. The van der Waals surface area contributed by atoms with Gasteiger partial charge in [-0.05, 0) is 49.6 Å². The van der Waals surface area contributed by atoms with E-state index in [1.165, 1.54) is 0 Å². The summed E-state index contributed by atoms with van der Waals surface area (Å²) in [5, 5.41) is 3.84. The molecule has 6 heteroatoms. The Morgan fingerprint density at radius 3 is 2.43 bits per heavy atom. The molecule has 2 aromatic rings. The number of nitrogens with one attached hydrogen (secondary N) is 1. The topological polar surface area (TPSA) is 49.4 Å². The van der Waals surface area contributed by atoms with Gasteiger partial charge in [0.25, 0.3) is 0 Å². The molecule has 30 heavy (non-hydrogen) atoms. The molecule has 0 bridgehead atoms. The summed E-state index contributed by atoms with van der Waals surface area (Å²) in [7, 11) is 0. The molecule has 3 rings (SSSR count). The standard InChI is InChI=1S/C24H29ClN2O2S/c1-18(24(29)26-21-9-5-6-10-21)27(17-19-7-3-2-4-8-19)23(28)15-16-30-22-13-11-20(25)12-14-22/h2-4,7-8,11-14,18,21H,5-6,9-10,15-17H2,1H3,(H,26,29)/t18-/m0/s1. The molecule has 1 aliphatic carbocycles. The van der Waals surface area contributed by atoms with E-state index in [4.69, 9.17) is 11.6 Å². The quantitative estimate of drug-likeness (QED) is 0.534. The van der Waals surface area contributed by atoms with Crippen molar-refractivity contribution < 1.29 is 9.59 Å². The summed E-state index contributed by atoms with van der Waals surface area (Å²) in [6, 6.07) is 17.2. The molecule has 1 saturated carbocycles. The average Bonchev–Trinajstić information content (AvgIpc) is 3.26. The van der Waals surface area contributed by atoms with Crippen LogP contribution in [-0.4, -0.2) is 34.6 Å². The molecule has 160 valence electrons. The minimum absolute atomic E-state index is 0.00520. The number of carbonyl (C=O) groups excluding carboxylic acids is 2. The third-order valence-electron chi connectivity index (χ3n) is 5.46. The number of hydrogen-bond donors (Lipinski definition) is 1. The number of benzene rings is 2. The van der Waals surface area contributed by atoms with Crippen LogP contribution in [0.2, 0.25) is 5.02 Å². The maximum atomic E-state index is 13.1. The summed E-state index contributed by atoms with van der Waals surface area (Å²) < 4.78 is 0. The van der Waals surface area contributed by atoms with Gasteiger partial charge in [-0.25, -0.2) is 0 Å². The van der Waals surface area contributed by atoms with Gasteiger partial charge in [-0.15, -0.1) is 11.8 Å². The summed E-state index contributed by atoms with van der Waals surface area (Å²) in [5.74, 6) is 0.592. The minimum Gasteiger partial charge on any atom is -0.352 e. The molecule has 2 amide bonds. The number of thioether (sulfide) groups is 1. The highest BCUT2D eigenvalue weighted by atomic mass is 35.5. The Morgan fingerprint density at radius 1 is 1.10 bits per heavy atom. The van der Waals surface area contributed by atoms with Crippen molar-refractivity contribution in [3.63, 3.8) is 0 Å². The van der Waals surface area contributed by atoms with Crippen LogP contribution in [-0.2, 0) is 16.1 Å². The molecule has 2 aromatic carbocycles. The summed E-state index contributed by atoms with van der Waals surface area (Å²) in [6.07, 6.45) is 4.76. The van der Waals surface area contributed by atoms with E-state index in [-0.39, 0.29) is 17.9 Å². The predicted octanol–water partition coefficient (Wildman–Crippen LogP) is 5.30. The molecule has 0 unspecified atom stereocenters. The molecule has 1 atom stereocenters. The number of amides is 2. The number of halogens is 1. The van der Waals surface area contributed by atoms with Crippen LogP contribution in [0, 0.1) is 0 Å². The predicted molar refractivity (Wildman–Crippen MR) is 124 cm³/mol. The number of rotatable bonds is 9. The SMILES string of the molecule is C[C@@H](C(=O)NC1CCCC1)N(Cc1ccccc1)C(=O)CCSc1ccc(Cl)cc1. The van der Waals surface area contributed by atoms with Crippen molar-refractivity contribution in [2.24, 2.45) is 0 Å². The fourth-order valence-electron chi connectivity index (χ4n) is 3.69. The lowest BCUT2D eigenvalue weighted by molar-refractivity contribution is -0.140. The minimum atomic E-state index is -0.501. The second-order valence-electron chi connectivity index (χ2n) is 7.73. The van der Waals surface area contributed by atoms with Crippen LogP contribution in [0.15, 0.2) is 59.5 Å².